The third kappa shape index (κ3) is 3.01. The summed E-state index contributed by atoms with van der Waals surface area (Å²) in [6, 6.07) is 6.99. The summed E-state index contributed by atoms with van der Waals surface area (Å²) >= 11 is 5.94. The van der Waals surface area contributed by atoms with Crippen molar-refractivity contribution in [2.24, 2.45) is 0 Å². The normalized spacial score (nSPS) is 11.9. The zero-order valence-electron chi connectivity index (χ0n) is 9.68. The minimum Gasteiger partial charge on any atom is -0.479 e. The van der Waals surface area contributed by atoms with Gasteiger partial charge in [0.2, 0.25) is 5.95 Å². The van der Waals surface area contributed by atoms with Crippen LogP contribution in [0.4, 0.5) is 5.95 Å². The summed E-state index contributed by atoms with van der Waals surface area (Å²) < 4.78 is 5.47. The summed E-state index contributed by atoms with van der Waals surface area (Å²) in [6.45, 7) is 1.64. The lowest BCUT2D eigenvalue weighted by Gasteiger charge is -2.14. The molecule has 1 aromatic heterocycles. The highest BCUT2D eigenvalue weighted by atomic mass is 35.5. The zero-order chi connectivity index (χ0) is 13.0. The van der Waals surface area contributed by atoms with Gasteiger partial charge in [-0.2, -0.15) is 0 Å². The number of hydrogen-bond donors (Lipinski definition) is 2. The van der Waals surface area contributed by atoms with E-state index in [4.69, 9.17) is 16.3 Å². The molecule has 1 aromatic carbocycles. The maximum Gasteiger partial charge on any atom is 0.267 e. The number of carbonyl (C=O) groups excluding carboxylic acids is 1. The Morgan fingerprint density at radius 2 is 2.28 bits per heavy atom. The van der Waals surface area contributed by atoms with Crippen LogP contribution >= 0.6 is 11.6 Å². The molecule has 0 fully saturated rings. The maximum atomic E-state index is 11.8. The highest BCUT2D eigenvalue weighted by Gasteiger charge is 2.16. The molecule has 2 N–H and O–H groups in total. The number of benzene rings is 1. The standard InChI is InChI=1S/C12H12ClN3O2/c1-8(11(17)16-12-14-6-7-15-12)18-10-5-3-2-4-9(10)13/h2-8H,1H3,(H2,14,15,16,17). The van der Waals surface area contributed by atoms with E-state index in [0.717, 1.165) is 0 Å². The molecule has 0 saturated carbocycles. The predicted molar refractivity (Wildman–Crippen MR) is 68.8 cm³/mol. The Labute approximate surface area is 109 Å². The highest BCUT2D eigenvalue weighted by Crippen LogP contribution is 2.24. The summed E-state index contributed by atoms with van der Waals surface area (Å²) in [5, 5.41) is 3.06. The minimum absolute atomic E-state index is 0.301. The van der Waals surface area contributed by atoms with E-state index in [1.165, 1.54) is 0 Å². The van der Waals surface area contributed by atoms with Gasteiger partial charge in [0.1, 0.15) is 5.75 Å². The molecule has 0 spiro atoms. The van der Waals surface area contributed by atoms with Crippen molar-refractivity contribution in [3.63, 3.8) is 0 Å². The number of nitrogens with one attached hydrogen (secondary N) is 2. The van der Waals surface area contributed by atoms with E-state index in [2.05, 4.69) is 15.3 Å². The number of H-pyrrole nitrogens is 1. The molecule has 0 aliphatic rings. The van der Waals surface area contributed by atoms with Crippen molar-refractivity contribution in [3.05, 3.63) is 41.7 Å². The first-order valence-corrected chi connectivity index (χ1v) is 5.76. The van der Waals surface area contributed by atoms with E-state index in [-0.39, 0.29) is 5.91 Å². The number of para-hydroxylation sites is 1. The lowest BCUT2D eigenvalue weighted by atomic mass is 10.3. The van der Waals surface area contributed by atoms with Gasteiger partial charge in [-0.05, 0) is 19.1 Å². The van der Waals surface area contributed by atoms with E-state index in [9.17, 15) is 4.79 Å². The number of aromatic nitrogens is 2. The van der Waals surface area contributed by atoms with E-state index in [1.807, 2.05) is 0 Å². The largest absolute Gasteiger partial charge is 0.479 e. The molecule has 94 valence electrons. The molecule has 0 aliphatic heterocycles. The third-order valence-corrected chi connectivity index (χ3v) is 2.56. The second-order valence-electron chi connectivity index (χ2n) is 3.62. The van der Waals surface area contributed by atoms with E-state index < -0.39 is 6.10 Å². The summed E-state index contributed by atoms with van der Waals surface area (Å²) in [4.78, 5) is 18.5. The number of ether oxygens (including phenoxy) is 1. The van der Waals surface area contributed by atoms with Crippen LogP contribution < -0.4 is 10.1 Å². The van der Waals surface area contributed by atoms with Crippen LogP contribution in [0.15, 0.2) is 36.7 Å². The molecule has 1 amide bonds. The Kier molecular flexibility index (Phi) is 3.84. The molecule has 0 radical (unpaired) electrons. The smallest absolute Gasteiger partial charge is 0.267 e. The number of hydrogen-bond acceptors (Lipinski definition) is 3. The summed E-state index contributed by atoms with van der Waals surface area (Å²) in [5.41, 5.74) is 0. The first-order valence-electron chi connectivity index (χ1n) is 5.38. The van der Waals surface area contributed by atoms with Crippen LogP contribution in [0.5, 0.6) is 5.75 Å². The van der Waals surface area contributed by atoms with Crippen molar-refractivity contribution in [2.45, 2.75) is 13.0 Å². The maximum absolute atomic E-state index is 11.8. The second kappa shape index (κ2) is 5.55. The average Bonchev–Trinajstić information content (AvgIpc) is 2.84. The van der Waals surface area contributed by atoms with Gasteiger partial charge in [0.05, 0.1) is 5.02 Å². The number of rotatable bonds is 4. The summed E-state index contributed by atoms with van der Waals surface area (Å²) in [7, 11) is 0. The van der Waals surface area contributed by atoms with Crippen LogP contribution in [0.1, 0.15) is 6.92 Å². The van der Waals surface area contributed by atoms with Crippen LogP contribution in [0.25, 0.3) is 0 Å². The van der Waals surface area contributed by atoms with Gasteiger partial charge < -0.3 is 9.72 Å². The fraction of sp³-hybridized carbons (Fsp3) is 0.167. The highest BCUT2D eigenvalue weighted by molar-refractivity contribution is 6.32. The number of carbonyl (C=O) groups is 1. The Morgan fingerprint density at radius 1 is 1.50 bits per heavy atom. The Morgan fingerprint density at radius 3 is 2.94 bits per heavy atom. The lowest BCUT2D eigenvalue weighted by Crippen LogP contribution is -2.30. The van der Waals surface area contributed by atoms with Gasteiger partial charge >= 0.3 is 0 Å². The minimum atomic E-state index is -0.671. The van der Waals surface area contributed by atoms with Crippen LogP contribution in [0.2, 0.25) is 5.02 Å². The zero-order valence-corrected chi connectivity index (χ0v) is 10.4. The molecule has 0 bridgehead atoms. The Hall–Kier alpha value is -2.01. The molecule has 1 atom stereocenters. The number of amides is 1. The van der Waals surface area contributed by atoms with Gasteiger partial charge in [-0.3, -0.25) is 10.1 Å². The van der Waals surface area contributed by atoms with Crippen molar-refractivity contribution in [3.8, 4) is 5.75 Å². The fourth-order valence-electron chi connectivity index (χ4n) is 1.34. The number of halogens is 1. The summed E-state index contributed by atoms with van der Waals surface area (Å²) in [6.07, 6.45) is 2.50. The lowest BCUT2D eigenvalue weighted by molar-refractivity contribution is -0.122. The molecule has 6 heteroatoms. The molecule has 1 unspecified atom stereocenters. The predicted octanol–water partition coefficient (Wildman–Crippen LogP) is 2.47. The quantitative estimate of drug-likeness (QED) is 0.892. The molecule has 2 rings (SSSR count). The Balaban J connectivity index is 1.97. The van der Waals surface area contributed by atoms with E-state index in [1.54, 1.807) is 43.6 Å². The van der Waals surface area contributed by atoms with Gasteiger partial charge in [-0.1, -0.05) is 23.7 Å². The SMILES string of the molecule is CC(Oc1ccccc1Cl)C(=O)Nc1ncc[nH]1. The topological polar surface area (TPSA) is 67.0 Å². The van der Waals surface area contributed by atoms with Gasteiger partial charge in [0.15, 0.2) is 6.10 Å². The number of nitrogens with zero attached hydrogens (tertiary/aromatic N) is 1. The van der Waals surface area contributed by atoms with Crippen LogP contribution in [0.3, 0.4) is 0 Å². The van der Waals surface area contributed by atoms with Crippen LogP contribution in [-0.4, -0.2) is 22.0 Å². The molecule has 18 heavy (non-hydrogen) atoms. The van der Waals surface area contributed by atoms with Gasteiger partial charge in [0, 0.05) is 12.4 Å². The average molecular weight is 266 g/mol. The number of imidazole rings is 1. The van der Waals surface area contributed by atoms with Gasteiger partial charge in [-0.25, -0.2) is 4.98 Å². The van der Waals surface area contributed by atoms with Crippen molar-refractivity contribution >= 4 is 23.5 Å². The Bertz CT molecular complexity index is 528. The van der Waals surface area contributed by atoms with Crippen LogP contribution in [-0.2, 0) is 4.79 Å². The first kappa shape index (κ1) is 12.4. The number of aromatic amines is 1. The molecule has 2 aromatic rings. The molecular formula is C12H12ClN3O2. The molecule has 5 nitrogen and oxygen atoms in total. The van der Waals surface area contributed by atoms with Gasteiger partial charge in [0.25, 0.3) is 5.91 Å². The van der Waals surface area contributed by atoms with Crippen LogP contribution in [0, 0.1) is 0 Å². The first-order chi connectivity index (χ1) is 8.66. The molecule has 0 aliphatic carbocycles. The van der Waals surface area contributed by atoms with E-state index in [0.29, 0.717) is 16.7 Å². The molecule has 0 saturated heterocycles. The second-order valence-corrected chi connectivity index (χ2v) is 4.02. The van der Waals surface area contributed by atoms with Crippen molar-refractivity contribution in [1.29, 1.82) is 0 Å². The van der Waals surface area contributed by atoms with Crippen molar-refractivity contribution in [2.75, 3.05) is 5.32 Å². The fourth-order valence-corrected chi connectivity index (χ4v) is 1.52. The molecular weight excluding hydrogens is 254 g/mol. The van der Waals surface area contributed by atoms with E-state index >= 15 is 0 Å². The third-order valence-electron chi connectivity index (χ3n) is 2.25. The van der Waals surface area contributed by atoms with Crippen molar-refractivity contribution < 1.29 is 9.53 Å². The van der Waals surface area contributed by atoms with Crippen molar-refractivity contribution in [1.82, 2.24) is 9.97 Å². The van der Waals surface area contributed by atoms with Gasteiger partial charge in [-0.15, -0.1) is 0 Å². The molecule has 1 heterocycles. The monoisotopic (exact) mass is 265 g/mol. The summed E-state index contributed by atoms with van der Waals surface area (Å²) in [5.74, 6) is 0.556. The number of anilines is 1.